The summed E-state index contributed by atoms with van der Waals surface area (Å²) in [5.41, 5.74) is 1.06. The number of nitrogens with zero attached hydrogens (tertiary/aromatic N) is 1. The van der Waals surface area contributed by atoms with Crippen molar-refractivity contribution >= 4 is 10.9 Å². The van der Waals surface area contributed by atoms with Gasteiger partial charge in [0.05, 0.1) is 5.52 Å². The van der Waals surface area contributed by atoms with E-state index in [1.54, 1.807) is 6.92 Å². The number of aliphatic hydroxyl groups excluding tert-OH is 1. The first kappa shape index (κ1) is 18.9. The molecule has 2 nitrogen and oxygen atoms in total. The Labute approximate surface area is 112 Å². The molecule has 0 aliphatic heterocycles. The van der Waals surface area contributed by atoms with E-state index in [2.05, 4.69) is 31.0 Å². The van der Waals surface area contributed by atoms with Crippen LogP contribution in [0, 0.1) is 0 Å². The first-order valence-corrected chi connectivity index (χ1v) is 6.70. The monoisotopic (exact) mass is 249 g/mol. The van der Waals surface area contributed by atoms with Gasteiger partial charge in [0.15, 0.2) is 0 Å². The fourth-order valence-corrected chi connectivity index (χ4v) is 1.02. The van der Waals surface area contributed by atoms with Gasteiger partial charge in [-0.25, -0.2) is 0 Å². The number of rotatable bonds is 0. The second-order valence-corrected chi connectivity index (χ2v) is 3.22. The second kappa shape index (κ2) is 15.6. The van der Waals surface area contributed by atoms with Crippen LogP contribution in [0.2, 0.25) is 0 Å². The highest BCUT2D eigenvalue weighted by Crippen LogP contribution is 2.07. The Morgan fingerprint density at radius 3 is 1.89 bits per heavy atom. The maximum Gasteiger partial charge on any atom is 0.0701 e. The van der Waals surface area contributed by atoms with Crippen LogP contribution >= 0.6 is 0 Å². The third-order valence-corrected chi connectivity index (χ3v) is 1.51. The van der Waals surface area contributed by atoms with Crippen molar-refractivity contribution in [2.45, 2.75) is 41.0 Å². The van der Waals surface area contributed by atoms with Crippen molar-refractivity contribution in [3.05, 3.63) is 42.6 Å². The molecule has 0 radical (unpaired) electrons. The van der Waals surface area contributed by atoms with Crippen molar-refractivity contribution in [3.63, 3.8) is 0 Å². The molecule has 0 aliphatic rings. The van der Waals surface area contributed by atoms with Gasteiger partial charge < -0.3 is 5.11 Å². The van der Waals surface area contributed by atoms with Crippen molar-refractivity contribution < 1.29 is 5.11 Å². The van der Waals surface area contributed by atoms with E-state index >= 15 is 0 Å². The van der Waals surface area contributed by atoms with Gasteiger partial charge in [-0.15, -0.1) is 0 Å². The zero-order valence-corrected chi connectivity index (χ0v) is 12.4. The molecule has 0 unspecified atom stereocenters. The number of hydrogen-bond acceptors (Lipinski definition) is 2. The molecule has 2 heteroatoms. The van der Waals surface area contributed by atoms with E-state index in [9.17, 15) is 0 Å². The largest absolute Gasteiger partial charge is 0.397 e. The number of pyridine rings is 1. The zero-order valence-electron chi connectivity index (χ0n) is 12.4. The van der Waals surface area contributed by atoms with Crippen LogP contribution in [0.1, 0.15) is 41.0 Å². The molecule has 0 fully saturated rings. The summed E-state index contributed by atoms with van der Waals surface area (Å²) >= 11 is 0. The minimum absolute atomic E-state index is 0.250. The van der Waals surface area contributed by atoms with Crippen LogP contribution in [-0.2, 0) is 0 Å². The molecule has 0 saturated carbocycles. The fourth-order valence-electron chi connectivity index (χ4n) is 1.02. The van der Waals surface area contributed by atoms with E-state index < -0.39 is 0 Å². The number of benzene rings is 1. The first-order chi connectivity index (χ1) is 8.79. The SMILES string of the molecule is CC.CCC.CCO.c1ccc2ncccc2c1. The predicted octanol–water partition coefficient (Wildman–Crippen LogP) is 4.68. The number of aliphatic hydroxyl groups is 1. The number of para-hydroxylation sites is 1. The van der Waals surface area contributed by atoms with Gasteiger partial charge in [-0.3, -0.25) is 4.98 Å². The fraction of sp³-hybridized carbons (Fsp3) is 0.438. The lowest BCUT2D eigenvalue weighted by Gasteiger charge is -1.91. The topological polar surface area (TPSA) is 33.1 Å². The van der Waals surface area contributed by atoms with Gasteiger partial charge in [-0.2, -0.15) is 0 Å². The first-order valence-electron chi connectivity index (χ1n) is 6.70. The number of fused-ring (bicyclic) bond motifs is 1. The van der Waals surface area contributed by atoms with E-state index in [1.807, 2.05) is 44.3 Å². The molecule has 1 heterocycles. The maximum absolute atomic E-state index is 7.57. The average Bonchev–Trinajstić information content (AvgIpc) is 2.43. The minimum Gasteiger partial charge on any atom is -0.397 e. The number of hydrogen-bond donors (Lipinski definition) is 1. The maximum atomic E-state index is 7.57. The Bertz CT molecular complexity index is 307. The molecule has 2 rings (SSSR count). The van der Waals surface area contributed by atoms with Crippen LogP contribution in [-0.4, -0.2) is 16.7 Å². The second-order valence-electron chi connectivity index (χ2n) is 3.22. The third kappa shape index (κ3) is 9.79. The summed E-state index contributed by atoms with van der Waals surface area (Å²) < 4.78 is 0. The van der Waals surface area contributed by atoms with E-state index in [-0.39, 0.29) is 6.61 Å². The molecular weight excluding hydrogens is 222 g/mol. The summed E-state index contributed by atoms with van der Waals surface area (Å²) in [6.07, 6.45) is 3.06. The summed E-state index contributed by atoms with van der Waals surface area (Å²) in [7, 11) is 0. The Morgan fingerprint density at radius 2 is 1.39 bits per heavy atom. The Morgan fingerprint density at radius 1 is 0.944 bits per heavy atom. The number of aromatic nitrogens is 1. The van der Waals surface area contributed by atoms with Crippen LogP contribution in [0.4, 0.5) is 0 Å². The van der Waals surface area contributed by atoms with Crippen LogP contribution < -0.4 is 0 Å². The lowest BCUT2D eigenvalue weighted by molar-refractivity contribution is 0.318. The highest BCUT2D eigenvalue weighted by atomic mass is 16.2. The molecule has 0 amide bonds. The predicted molar refractivity (Wildman–Crippen MR) is 81.8 cm³/mol. The van der Waals surface area contributed by atoms with Crippen LogP contribution in [0.15, 0.2) is 42.6 Å². The van der Waals surface area contributed by atoms with Gasteiger partial charge >= 0.3 is 0 Å². The van der Waals surface area contributed by atoms with Crippen molar-refractivity contribution in [1.82, 2.24) is 4.98 Å². The van der Waals surface area contributed by atoms with Gasteiger partial charge in [0.25, 0.3) is 0 Å². The summed E-state index contributed by atoms with van der Waals surface area (Å²) in [5, 5.41) is 8.77. The van der Waals surface area contributed by atoms with Crippen molar-refractivity contribution in [3.8, 4) is 0 Å². The molecule has 1 aromatic heterocycles. The lowest BCUT2D eigenvalue weighted by atomic mass is 10.2. The van der Waals surface area contributed by atoms with E-state index in [4.69, 9.17) is 5.11 Å². The van der Waals surface area contributed by atoms with E-state index in [0.717, 1.165) is 5.52 Å². The van der Waals surface area contributed by atoms with Gasteiger partial charge in [0, 0.05) is 18.2 Å². The lowest BCUT2D eigenvalue weighted by Crippen LogP contribution is -1.73. The highest BCUT2D eigenvalue weighted by molar-refractivity contribution is 5.77. The van der Waals surface area contributed by atoms with Gasteiger partial charge in [-0.05, 0) is 19.1 Å². The minimum atomic E-state index is 0.250. The molecule has 1 N–H and O–H groups in total. The molecule has 1 aromatic carbocycles. The average molecular weight is 249 g/mol. The molecule has 0 spiro atoms. The van der Waals surface area contributed by atoms with Crippen LogP contribution in [0.3, 0.4) is 0 Å². The molecule has 0 bridgehead atoms. The van der Waals surface area contributed by atoms with Gasteiger partial charge in [0.1, 0.15) is 0 Å². The van der Waals surface area contributed by atoms with Crippen molar-refractivity contribution in [2.24, 2.45) is 0 Å². The quantitative estimate of drug-likeness (QED) is 0.735. The Kier molecular flexibility index (Phi) is 16.4. The Balaban J connectivity index is 0. The Hall–Kier alpha value is -1.41. The van der Waals surface area contributed by atoms with Crippen LogP contribution in [0.25, 0.3) is 10.9 Å². The van der Waals surface area contributed by atoms with Gasteiger partial charge in [0.2, 0.25) is 0 Å². The normalized spacial score (nSPS) is 7.89. The molecule has 0 aliphatic carbocycles. The van der Waals surface area contributed by atoms with E-state index in [0.29, 0.717) is 0 Å². The van der Waals surface area contributed by atoms with Crippen molar-refractivity contribution in [1.29, 1.82) is 0 Å². The standard InChI is InChI=1S/C9H7N.C3H8.C2H6O.C2H6/c1-2-6-9-8(4-1)5-3-7-10-9;1-3-2;1-2-3;1-2/h1-7H;3H2,1-2H3;3H,2H2,1H3;1-2H3. The molecular formula is C16H27NO. The molecule has 102 valence electrons. The summed E-state index contributed by atoms with van der Waals surface area (Å²) in [5.74, 6) is 0. The summed E-state index contributed by atoms with van der Waals surface area (Å²) in [6, 6.07) is 12.1. The molecule has 2 aromatic rings. The smallest absolute Gasteiger partial charge is 0.0701 e. The van der Waals surface area contributed by atoms with Crippen molar-refractivity contribution in [2.75, 3.05) is 6.61 Å². The van der Waals surface area contributed by atoms with Crippen LogP contribution in [0.5, 0.6) is 0 Å². The summed E-state index contributed by atoms with van der Waals surface area (Å²) in [4.78, 5) is 4.18. The molecule has 0 saturated heterocycles. The highest BCUT2D eigenvalue weighted by Gasteiger charge is 1.86. The molecule has 18 heavy (non-hydrogen) atoms. The van der Waals surface area contributed by atoms with Gasteiger partial charge in [-0.1, -0.05) is 58.4 Å². The summed E-state index contributed by atoms with van der Waals surface area (Å²) in [6.45, 7) is 10.2. The zero-order chi connectivity index (χ0) is 14.2. The third-order valence-electron chi connectivity index (χ3n) is 1.51. The molecule has 0 atom stereocenters. The van der Waals surface area contributed by atoms with E-state index in [1.165, 1.54) is 11.8 Å².